The maximum Gasteiger partial charge on any atom is 0.326 e. The van der Waals surface area contributed by atoms with Gasteiger partial charge in [-0.3, -0.25) is 9.88 Å². The van der Waals surface area contributed by atoms with Crippen molar-refractivity contribution < 1.29 is 9.53 Å². The van der Waals surface area contributed by atoms with Crippen LogP contribution in [-0.4, -0.2) is 24.2 Å². The number of ether oxygens (including phenoxy) is 1. The second-order valence-corrected chi connectivity index (χ2v) is 6.30. The van der Waals surface area contributed by atoms with Crippen molar-refractivity contribution in [2.45, 2.75) is 32.3 Å². The highest BCUT2D eigenvalue weighted by molar-refractivity contribution is 6.02. The zero-order valence-corrected chi connectivity index (χ0v) is 13.6. The normalized spacial score (nSPS) is 16.8. The van der Waals surface area contributed by atoms with Gasteiger partial charge in [-0.25, -0.2) is 4.79 Å². The van der Waals surface area contributed by atoms with Crippen molar-refractivity contribution in [3.63, 3.8) is 0 Å². The monoisotopic (exact) mass is 323 g/mol. The van der Waals surface area contributed by atoms with Gasteiger partial charge >= 0.3 is 6.03 Å². The first-order valence-electron chi connectivity index (χ1n) is 8.53. The van der Waals surface area contributed by atoms with Gasteiger partial charge in [0.2, 0.25) is 0 Å². The number of benzene rings is 1. The van der Waals surface area contributed by atoms with E-state index in [2.05, 4.69) is 16.4 Å². The SMILES string of the molecule is O=C(Nc1cnc2c(c1)COCC2)N1CCCCc2ccccc21. The number of aryl methyl sites for hydroxylation is 1. The van der Waals surface area contributed by atoms with E-state index in [0.29, 0.717) is 6.61 Å². The van der Waals surface area contributed by atoms with Gasteiger partial charge in [-0.05, 0) is 37.0 Å². The van der Waals surface area contributed by atoms with E-state index in [9.17, 15) is 4.79 Å². The highest BCUT2D eigenvalue weighted by Crippen LogP contribution is 2.27. The van der Waals surface area contributed by atoms with Gasteiger partial charge in [0.25, 0.3) is 0 Å². The molecule has 0 saturated carbocycles. The third kappa shape index (κ3) is 2.99. The van der Waals surface area contributed by atoms with Gasteiger partial charge < -0.3 is 10.1 Å². The van der Waals surface area contributed by atoms with E-state index < -0.39 is 0 Å². The van der Waals surface area contributed by atoms with Gasteiger partial charge in [0, 0.05) is 29.9 Å². The molecule has 5 heteroatoms. The second-order valence-electron chi connectivity index (χ2n) is 6.30. The number of hydrogen-bond donors (Lipinski definition) is 1. The lowest BCUT2D eigenvalue weighted by Gasteiger charge is -2.24. The molecule has 0 aliphatic carbocycles. The van der Waals surface area contributed by atoms with E-state index >= 15 is 0 Å². The molecule has 0 bridgehead atoms. The summed E-state index contributed by atoms with van der Waals surface area (Å²) in [5.41, 5.74) is 5.12. The molecule has 1 N–H and O–H groups in total. The summed E-state index contributed by atoms with van der Waals surface area (Å²) in [5, 5.41) is 3.00. The summed E-state index contributed by atoms with van der Waals surface area (Å²) in [6.45, 7) is 2.03. The number of urea groups is 1. The van der Waals surface area contributed by atoms with Crippen LogP contribution in [0.4, 0.5) is 16.2 Å². The fraction of sp³-hybridized carbons (Fsp3) is 0.368. The van der Waals surface area contributed by atoms with Crippen molar-refractivity contribution in [2.75, 3.05) is 23.4 Å². The fourth-order valence-electron chi connectivity index (χ4n) is 3.40. The summed E-state index contributed by atoms with van der Waals surface area (Å²) >= 11 is 0. The van der Waals surface area contributed by atoms with E-state index in [1.807, 2.05) is 29.2 Å². The van der Waals surface area contributed by atoms with Gasteiger partial charge in [-0.15, -0.1) is 0 Å². The standard InChI is InChI=1S/C19H21N3O2/c23-19(21-16-11-15-13-24-10-8-17(15)20-12-16)22-9-4-3-6-14-5-1-2-7-18(14)22/h1-2,5,7,11-12H,3-4,6,8-10,13H2,(H,21,23). The molecule has 5 nitrogen and oxygen atoms in total. The van der Waals surface area contributed by atoms with Crippen LogP contribution < -0.4 is 10.2 Å². The lowest BCUT2D eigenvalue weighted by Crippen LogP contribution is -2.35. The number of amides is 2. The van der Waals surface area contributed by atoms with E-state index in [-0.39, 0.29) is 6.03 Å². The predicted octanol–water partition coefficient (Wildman–Crippen LogP) is 3.53. The van der Waals surface area contributed by atoms with Crippen LogP contribution in [0.25, 0.3) is 0 Å². The molecule has 1 aromatic carbocycles. The molecule has 124 valence electrons. The molecule has 2 aromatic rings. The molecule has 2 aliphatic rings. The first kappa shape index (κ1) is 15.1. The Morgan fingerprint density at radius 1 is 1.17 bits per heavy atom. The van der Waals surface area contributed by atoms with Crippen molar-refractivity contribution in [1.82, 2.24) is 4.98 Å². The minimum atomic E-state index is -0.0946. The highest BCUT2D eigenvalue weighted by Gasteiger charge is 2.21. The maximum absolute atomic E-state index is 12.8. The number of nitrogens with one attached hydrogen (secondary N) is 1. The zero-order valence-electron chi connectivity index (χ0n) is 13.6. The van der Waals surface area contributed by atoms with Gasteiger partial charge in [0.1, 0.15) is 0 Å². The third-order valence-corrected chi connectivity index (χ3v) is 4.66. The first-order valence-corrected chi connectivity index (χ1v) is 8.53. The Kier molecular flexibility index (Phi) is 4.17. The summed E-state index contributed by atoms with van der Waals surface area (Å²) in [7, 11) is 0. The van der Waals surface area contributed by atoms with Crippen LogP contribution in [0.3, 0.4) is 0 Å². The molecule has 0 radical (unpaired) electrons. The number of carbonyl (C=O) groups is 1. The minimum Gasteiger partial charge on any atom is -0.376 e. The zero-order chi connectivity index (χ0) is 16.4. The average Bonchev–Trinajstić information content (AvgIpc) is 2.84. The molecule has 4 rings (SSSR count). The van der Waals surface area contributed by atoms with Crippen LogP contribution in [-0.2, 0) is 24.2 Å². The van der Waals surface area contributed by atoms with Gasteiger partial charge in [0.05, 0.1) is 25.1 Å². The molecular formula is C19H21N3O2. The van der Waals surface area contributed by atoms with Crippen LogP contribution >= 0.6 is 0 Å². The van der Waals surface area contributed by atoms with E-state index in [4.69, 9.17) is 4.74 Å². The third-order valence-electron chi connectivity index (χ3n) is 4.66. The van der Waals surface area contributed by atoms with Crippen LogP contribution in [0, 0.1) is 0 Å². The van der Waals surface area contributed by atoms with Gasteiger partial charge in [-0.2, -0.15) is 0 Å². The molecule has 0 atom stereocenters. The van der Waals surface area contributed by atoms with Crippen molar-refractivity contribution in [1.29, 1.82) is 0 Å². The number of fused-ring (bicyclic) bond motifs is 2. The number of nitrogens with zero attached hydrogens (tertiary/aromatic N) is 2. The van der Waals surface area contributed by atoms with E-state index in [0.717, 1.165) is 61.5 Å². The van der Waals surface area contributed by atoms with Crippen molar-refractivity contribution in [3.05, 3.63) is 53.3 Å². The second kappa shape index (κ2) is 6.61. The van der Waals surface area contributed by atoms with Crippen LogP contribution in [0.1, 0.15) is 29.7 Å². The molecule has 2 aliphatic heterocycles. The number of para-hydroxylation sites is 1. The molecule has 2 amide bonds. The molecule has 0 unspecified atom stereocenters. The number of pyridine rings is 1. The molecule has 0 fully saturated rings. The molecule has 24 heavy (non-hydrogen) atoms. The number of aromatic nitrogens is 1. The topological polar surface area (TPSA) is 54.5 Å². The van der Waals surface area contributed by atoms with Gasteiger partial charge in [-0.1, -0.05) is 18.2 Å². The number of carbonyl (C=O) groups excluding carboxylic acids is 1. The Morgan fingerprint density at radius 3 is 3.04 bits per heavy atom. The Labute approximate surface area is 141 Å². The Hall–Kier alpha value is -2.40. The van der Waals surface area contributed by atoms with Crippen LogP contribution in [0.2, 0.25) is 0 Å². The predicted molar refractivity (Wildman–Crippen MR) is 93.3 cm³/mol. The average molecular weight is 323 g/mol. The van der Waals surface area contributed by atoms with Crippen LogP contribution in [0.5, 0.6) is 0 Å². The van der Waals surface area contributed by atoms with Crippen molar-refractivity contribution in [2.24, 2.45) is 0 Å². The summed E-state index contributed by atoms with van der Waals surface area (Å²) in [4.78, 5) is 19.1. The Morgan fingerprint density at radius 2 is 2.08 bits per heavy atom. The summed E-state index contributed by atoms with van der Waals surface area (Å²) in [6, 6.07) is 10.0. The fourth-order valence-corrected chi connectivity index (χ4v) is 3.40. The van der Waals surface area contributed by atoms with Crippen molar-refractivity contribution in [3.8, 4) is 0 Å². The quantitative estimate of drug-likeness (QED) is 0.873. The van der Waals surface area contributed by atoms with Gasteiger partial charge in [0.15, 0.2) is 0 Å². The Balaban J connectivity index is 1.56. The Bertz CT molecular complexity index is 760. The molecular weight excluding hydrogens is 302 g/mol. The minimum absolute atomic E-state index is 0.0946. The van der Waals surface area contributed by atoms with Crippen LogP contribution in [0.15, 0.2) is 36.5 Å². The lowest BCUT2D eigenvalue weighted by molar-refractivity contribution is 0.109. The molecule has 0 saturated heterocycles. The summed E-state index contributed by atoms with van der Waals surface area (Å²) < 4.78 is 5.47. The first-order chi connectivity index (χ1) is 11.8. The highest BCUT2D eigenvalue weighted by atomic mass is 16.5. The summed E-state index contributed by atoms with van der Waals surface area (Å²) in [6.07, 6.45) is 5.73. The van der Waals surface area contributed by atoms with E-state index in [1.165, 1.54) is 5.56 Å². The smallest absolute Gasteiger partial charge is 0.326 e. The summed E-state index contributed by atoms with van der Waals surface area (Å²) in [5.74, 6) is 0. The molecule has 0 spiro atoms. The number of hydrogen-bond acceptors (Lipinski definition) is 3. The largest absolute Gasteiger partial charge is 0.376 e. The van der Waals surface area contributed by atoms with E-state index in [1.54, 1.807) is 6.20 Å². The maximum atomic E-state index is 12.8. The number of anilines is 2. The lowest BCUT2D eigenvalue weighted by atomic mass is 10.1. The van der Waals surface area contributed by atoms with Crippen molar-refractivity contribution >= 4 is 17.4 Å². The molecule has 1 aromatic heterocycles. The molecule has 3 heterocycles. The number of rotatable bonds is 1.